The van der Waals surface area contributed by atoms with E-state index in [-0.39, 0.29) is 29.2 Å². The first-order valence-electron chi connectivity index (χ1n) is 10.6. The second-order valence-electron chi connectivity index (χ2n) is 7.72. The Kier molecular flexibility index (Phi) is 9.10. The Balaban J connectivity index is 1.72. The number of amides is 2. The van der Waals surface area contributed by atoms with Crippen molar-refractivity contribution >= 4 is 56.8 Å². The van der Waals surface area contributed by atoms with Crippen molar-refractivity contribution in [3.8, 4) is 0 Å². The minimum absolute atomic E-state index is 0.0162. The number of anilines is 1. The zero-order chi connectivity index (χ0) is 24.8. The Morgan fingerprint density at radius 2 is 1.94 bits per heavy atom. The van der Waals surface area contributed by atoms with Crippen LogP contribution in [-0.2, 0) is 11.3 Å². The van der Waals surface area contributed by atoms with Crippen molar-refractivity contribution in [3.63, 3.8) is 0 Å². The lowest BCUT2D eigenvalue weighted by Crippen LogP contribution is -2.34. The standard InChI is InChI=1S/C23H24BrClFN5O2S/c1-4-31-21(20(13(2)3)28-22(33)15-7-5-6-8-16(15)25)29-30-23(31)34-12-19(32)27-18-10-9-14(24)11-17(18)26/h5-11,13,20H,4,12H2,1-3H3,(H,27,32)(H,28,33)/t20-/m1/s1. The normalized spacial score (nSPS) is 12.0. The zero-order valence-electron chi connectivity index (χ0n) is 18.8. The third-order valence-electron chi connectivity index (χ3n) is 4.95. The Bertz CT molecular complexity index is 1190. The molecule has 180 valence electrons. The molecule has 3 aromatic rings. The van der Waals surface area contributed by atoms with E-state index in [2.05, 4.69) is 36.8 Å². The largest absolute Gasteiger partial charge is 0.342 e. The molecule has 2 aromatic carbocycles. The molecule has 3 rings (SSSR count). The summed E-state index contributed by atoms with van der Waals surface area (Å²) in [6, 6.07) is 10.8. The molecule has 1 aromatic heterocycles. The molecule has 0 spiro atoms. The monoisotopic (exact) mass is 567 g/mol. The summed E-state index contributed by atoms with van der Waals surface area (Å²) < 4.78 is 16.4. The van der Waals surface area contributed by atoms with Crippen LogP contribution in [0.4, 0.5) is 10.1 Å². The molecule has 1 heterocycles. The van der Waals surface area contributed by atoms with Crippen LogP contribution in [0, 0.1) is 11.7 Å². The molecular weight excluding hydrogens is 545 g/mol. The molecule has 0 bridgehead atoms. The van der Waals surface area contributed by atoms with Crippen LogP contribution >= 0.6 is 39.3 Å². The van der Waals surface area contributed by atoms with Crippen molar-refractivity contribution in [2.45, 2.75) is 38.5 Å². The van der Waals surface area contributed by atoms with Crippen LogP contribution in [0.1, 0.15) is 43.0 Å². The van der Waals surface area contributed by atoms with E-state index in [9.17, 15) is 14.0 Å². The number of benzene rings is 2. The molecule has 2 amide bonds. The van der Waals surface area contributed by atoms with Gasteiger partial charge in [-0.3, -0.25) is 9.59 Å². The smallest absolute Gasteiger partial charge is 0.253 e. The first-order chi connectivity index (χ1) is 16.2. The van der Waals surface area contributed by atoms with Crippen molar-refractivity contribution in [2.75, 3.05) is 11.1 Å². The molecule has 0 aliphatic rings. The SMILES string of the molecule is CCn1c(SCC(=O)Nc2ccc(Br)cc2F)nnc1[C@H](NC(=O)c1ccccc1Cl)C(C)C. The molecule has 1 atom stereocenters. The second kappa shape index (κ2) is 11.8. The van der Waals surface area contributed by atoms with Crippen molar-refractivity contribution < 1.29 is 14.0 Å². The summed E-state index contributed by atoms with van der Waals surface area (Å²) in [4.78, 5) is 25.2. The number of carbonyl (C=O) groups excluding carboxylic acids is 2. The van der Waals surface area contributed by atoms with Gasteiger partial charge in [0, 0.05) is 11.0 Å². The molecule has 11 heteroatoms. The summed E-state index contributed by atoms with van der Waals surface area (Å²) in [6.45, 7) is 6.42. The lowest BCUT2D eigenvalue weighted by Gasteiger charge is -2.22. The molecule has 34 heavy (non-hydrogen) atoms. The van der Waals surface area contributed by atoms with E-state index in [1.54, 1.807) is 30.3 Å². The van der Waals surface area contributed by atoms with Gasteiger partial charge in [-0.15, -0.1) is 10.2 Å². The third-order valence-corrected chi connectivity index (χ3v) is 6.74. The van der Waals surface area contributed by atoms with E-state index >= 15 is 0 Å². The van der Waals surface area contributed by atoms with Crippen LogP contribution in [0.2, 0.25) is 5.02 Å². The van der Waals surface area contributed by atoms with Gasteiger partial charge in [0.1, 0.15) is 5.82 Å². The summed E-state index contributed by atoms with van der Waals surface area (Å²) in [5, 5.41) is 15.0. The Hall–Kier alpha value is -2.43. The number of hydrogen-bond donors (Lipinski definition) is 2. The van der Waals surface area contributed by atoms with Gasteiger partial charge in [-0.25, -0.2) is 4.39 Å². The van der Waals surface area contributed by atoms with Crippen molar-refractivity contribution in [3.05, 3.63) is 69.2 Å². The molecule has 0 fully saturated rings. The van der Waals surface area contributed by atoms with Crippen LogP contribution in [0.3, 0.4) is 0 Å². The fourth-order valence-electron chi connectivity index (χ4n) is 3.24. The summed E-state index contributed by atoms with van der Waals surface area (Å²) in [6.07, 6.45) is 0. The molecule has 0 saturated heterocycles. The highest BCUT2D eigenvalue weighted by Crippen LogP contribution is 2.27. The average molecular weight is 569 g/mol. The van der Waals surface area contributed by atoms with Crippen LogP contribution in [0.15, 0.2) is 52.1 Å². The lowest BCUT2D eigenvalue weighted by atomic mass is 10.0. The van der Waals surface area contributed by atoms with Crippen LogP contribution in [-0.4, -0.2) is 32.3 Å². The van der Waals surface area contributed by atoms with Gasteiger partial charge < -0.3 is 15.2 Å². The van der Waals surface area contributed by atoms with Crippen LogP contribution in [0.25, 0.3) is 0 Å². The first-order valence-corrected chi connectivity index (χ1v) is 12.7. The maximum absolute atomic E-state index is 14.0. The van der Waals surface area contributed by atoms with Gasteiger partial charge in [-0.1, -0.05) is 65.3 Å². The average Bonchev–Trinajstić information content (AvgIpc) is 3.20. The molecule has 0 saturated carbocycles. The van der Waals surface area contributed by atoms with Gasteiger partial charge in [0.2, 0.25) is 5.91 Å². The molecule has 2 N–H and O–H groups in total. The number of hydrogen-bond acceptors (Lipinski definition) is 5. The number of aromatic nitrogens is 3. The van der Waals surface area contributed by atoms with E-state index in [0.717, 1.165) is 0 Å². The minimum Gasteiger partial charge on any atom is -0.342 e. The van der Waals surface area contributed by atoms with Gasteiger partial charge in [-0.05, 0) is 43.2 Å². The van der Waals surface area contributed by atoms with E-state index in [1.165, 1.54) is 23.9 Å². The molecule has 7 nitrogen and oxygen atoms in total. The Morgan fingerprint density at radius 1 is 1.21 bits per heavy atom. The van der Waals surface area contributed by atoms with E-state index in [4.69, 9.17) is 11.6 Å². The molecule has 0 radical (unpaired) electrons. The topological polar surface area (TPSA) is 88.9 Å². The van der Waals surface area contributed by atoms with Crippen molar-refractivity contribution in [2.24, 2.45) is 5.92 Å². The number of nitrogens with zero attached hydrogens (tertiary/aromatic N) is 3. The van der Waals surface area contributed by atoms with Gasteiger partial charge in [0.15, 0.2) is 11.0 Å². The first kappa shape index (κ1) is 26.2. The summed E-state index contributed by atoms with van der Waals surface area (Å²) >= 11 is 10.6. The number of halogens is 3. The van der Waals surface area contributed by atoms with Crippen molar-refractivity contribution in [1.82, 2.24) is 20.1 Å². The lowest BCUT2D eigenvalue weighted by molar-refractivity contribution is -0.113. The molecule has 0 aliphatic heterocycles. The van der Waals surface area contributed by atoms with Crippen LogP contribution in [0.5, 0.6) is 0 Å². The predicted octanol–water partition coefficient (Wildman–Crippen LogP) is 5.71. The zero-order valence-corrected chi connectivity index (χ0v) is 22.0. The highest BCUT2D eigenvalue weighted by atomic mass is 79.9. The predicted molar refractivity (Wildman–Crippen MR) is 136 cm³/mol. The summed E-state index contributed by atoms with van der Waals surface area (Å²) in [7, 11) is 0. The maximum Gasteiger partial charge on any atom is 0.253 e. The van der Waals surface area contributed by atoms with E-state index in [1.807, 2.05) is 25.3 Å². The summed E-state index contributed by atoms with van der Waals surface area (Å²) in [5.41, 5.74) is 0.484. The quantitative estimate of drug-likeness (QED) is 0.323. The highest BCUT2D eigenvalue weighted by molar-refractivity contribution is 9.10. The highest BCUT2D eigenvalue weighted by Gasteiger charge is 2.27. The summed E-state index contributed by atoms with van der Waals surface area (Å²) in [5.74, 6) is -0.583. The number of thioether (sulfide) groups is 1. The molecular formula is C23H24BrClFN5O2S. The molecule has 0 unspecified atom stereocenters. The fraction of sp³-hybridized carbons (Fsp3) is 0.304. The van der Waals surface area contributed by atoms with E-state index < -0.39 is 11.9 Å². The number of rotatable bonds is 9. The van der Waals surface area contributed by atoms with Gasteiger partial charge in [0.25, 0.3) is 5.91 Å². The van der Waals surface area contributed by atoms with Crippen molar-refractivity contribution in [1.29, 1.82) is 0 Å². The second-order valence-corrected chi connectivity index (χ2v) is 9.99. The minimum atomic E-state index is -0.527. The van der Waals surface area contributed by atoms with E-state index in [0.29, 0.717) is 32.6 Å². The third kappa shape index (κ3) is 6.37. The molecule has 0 aliphatic carbocycles. The Morgan fingerprint density at radius 3 is 2.59 bits per heavy atom. The van der Waals surface area contributed by atoms with Crippen LogP contribution < -0.4 is 10.6 Å². The number of carbonyl (C=O) groups is 2. The van der Waals surface area contributed by atoms with Gasteiger partial charge in [-0.2, -0.15) is 0 Å². The maximum atomic E-state index is 14.0. The fourth-order valence-corrected chi connectivity index (χ4v) is 4.60. The Labute approximate surface area is 215 Å². The van der Waals surface area contributed by atoms with Gasteiger partial charge in [0.05, 0.1) is 28.1 Å². The number of nitrogens with one attached hydrogen (secondary N) is 2. The van der Waals surface area contributed by atoms with Gasteiger partial charge >= 0.3 is 0 Å².